The summed E-state index contributed by atoms with van der Waals surface area (Å²) in [5, 5.41) is 7.10. The number of nitrogens with one attached hydrogen (secondary N) is 2. The zero-order chi connectivity index (χ0) is 15.4. The zero-order valence-electron chi connectivity index (χ0n) is 14.8. The first-order valence-corrected chi connectivity index (χ1v) is 9.26. The fraction of sp³-hybridized carbons (Fsp3) is 0.941. The smallest absolute Gasteiger partial charge is 0.191 e. The molecule has 134 valence electrons. The molecular weight excluding hydrogens is 401 g/mol. The number of rotatable bonds is 4. The van der Waals surface area contributed by atoms with Crippen LogP contribution in [-0.4, -0.2) is 73.7 Å². The molecule has 3 saturated heterocycles. The van der Waals surface area contributed by atoms with E-state index in [1.807, 2.05) is 0 Å². The fourth-order valence-electron chi connectivity index (χ4n) is 4.01. The second-order valence-corrected chi connectivity index (χ2v) is 7.31. The van der Waals surface area contributed by atoms with E-state index in [0.29, 0.717) is 12.1 Å². The SMILES string of the molecule is CCNC(=NCC1CN2CCN1CC2)NC1CCC(C)CC1.I. The number of piperazine rings is 3. The Hall–Kier alpha value is -0.0800. The predicted molar refractivity (Wildman–Crippen MR) is 108 cm³/mol. The quantitative estimate of drug-likeness (QED) is 0.401. The average molecular weight is 435 g/mol. The summed E-state index contributed by atoms with van der Waals surface area (Å²) < 4.78 is 0. The molecule has 5 nitrogen and oxygen atoms in total. The van der Waals surface area contributed by atoms with E-state index < -0.39 is 0 Å². The van der Waals surface area contributed by atoms with E-state index in [4.69, 9.17) is 4.99 Å². The maximum atomic E-state index is 4.90. The summed E-state index contributed by atoms with van der Waals surface area (Å²) in [6.07, 6.45) is 5.27. The topological polar surface area (TPSA) is 42.9 Å². The first-order valence-electron chi connectivity index (χ1n) is 9.26. The maximum absolute atomic E-state index is 4.90. The van der Waals surface area contributed by atoms with Crippen molar-refractivity contribution >= 4 is 29.9 Å². The van der Waals surface area contributed by atoms with E-state index in [1.165, 1.54) is 58.4 Å². The number of guanidine groups is 1. The van der Waals surface area contributed by atoms with Gasteiger partial charge in [0.25, 0.3) is 0 Å². The molecule has 1 unspecified atom stereocenters. The monoisotopic (exact) mass is 435 g/mol. The van der Waals surface area contributed by atoms with Crippen LogP contribution in [0.25, 0.3) is 0 Å². The lowest BCUT2D eigenvalue weighted by atomic mass is 9.87. The third-order valence-electron chi connectivity index (χ3n) is 5.55. The van der Waals surface area contributed by atoms with Gasteiger partial charge in [0, 0.05) is 51.4 Å². The predicted octanol–water partition coefficient (Wildman–Crippen LogP) is 1.74. The van der Waals surface area contributed by atoms with Crippen LogP contribution in [0.3, 0.4) is 0 Å². The molecule has 4 aliphatic rings. The standard InChI is InChI=1S/C17H33N5.HI/c1-3-18-17(20-15-6-4-14(2)5-7-15)19-12-16-13-21-8-10-22(16)11-9-21;/h14-16H,3-13H2,1-2H3,(H2,18,19,20);1H. The van der Waals surface area contributed by atoms with Crippen molar-refractivity contribution < 1.29 is 0 Å². The van der Waals surface area contributed by atoms with Gasteiger partial charge in [-0.15, -0.1) is 24.0 Å². The Bertz CT molecular complexity index is 373. The number of hydrogen-bond donors (Lipinski definition) is 2. The Balaban J connectivity index is 0.00000192. The van der Waals surface area contributed by atoms with Crippen molar-refractivity contribution in [3.05, 3.63) is 0 Å². The van der Waals surface area contributed by atoms with Gasteiger partial charge >= 0.3 is 0 Å². The van der Waals surface area contributed by atoms with Crippen LogP contribution in [0.15, 0.2) is 4.99 Å². The summed E-state index contributed by atoms with van der Waals surface area (Å²) in [5.74, 6) is 1.93. The summed E-state index contributed by atoms with van der Waals surface area (Å²) in [7, 11) is 0. The van der Waals surface area contributed by atoms with Crippen molar-refractivity contribution in [2.24, 2.45) is 10.9 Å². The van der Waals surface area contributed by atoms with Crippen LogP contribution in [0.4, 0.5) is 0 Å². The van der Waals surface area contributed by atoms with Crippen molar-refractivity contribution in [2.45, 2.75) is 51.6 Å². The lowest BCUT2D eigenvalue weighted by Crippen LogP contribution is -2.62. The highest BCUT2D eigenvalue weighted by atomic mass is 127. The van der Waals surface area contributed by atoms with Gasteiger partial charge in [0.05, 0.1) is 6.54 Å². The van der Waals surface area contributed by atoms with Gasteiger partial charge in [-0.2, -0.15) is 0 Å². The molecule has 3 heterocycles. The van der Waals surface area contributed by atoms with Crippen molar-refractivity contribution in [1.29, 1.82) is 0 Å². The summed E-state index contributed by atoms with van der Waals surface area (Å²) in [6, 6.07) is 1.23. The largest absolute Gasteiger partial charge is 0.357 e. The summed E-state index contributed by atoms with van der Waals surface area (Å²) >= 11 is 0. The van der Waals surface area contributed by atoms with Crippen molar-refractivity contribution in [2.75, 3.05) is 45.8 Å². The Labute approximate surface area is 158 Å². The lowest BCUT2D eigenvalue weighted by Gasteiger charge is -2.47. The third-order valence-corrected chi connectivity index (χ3v) is 5.55. The van der Waals surface area contributed by atoms with Gasteiger partial charge in [0.2, 0.25) is 0 Å². The third kappa shape index (κ3) is 5.46. The Kier molecular flexibility index (Phi) is 7.88. The van der Waals surface area contributed by atoms with Gasteiger partial charge in [-0.3, -0.25) is 14.8 Å². The Morgan fingerprint density at radius 2 is 1.78 bits per heavy atom. The molecule has 0 aromatic heterocycles. The molecule has 0 radical (unpaired) electrons. The molecule has 1 atom stereocenters. The first-order chi connectivity index (χ1) is 10.7. The normalized spacial score (nSPS) is 37.1. The van der Waals surface area contributed by atoms with E-state index in [0.717, 1.165) is 25.0 Å². The van der Waals surface area contributed by atoms with Crippen molar-refractivity contribution in [1.82, 2.24) is 20.4 Å². The molecule has 0 aromatic carbocycles. The minimum absolute atomic E-state index is 0. The van der Waals surface area contributed by atoms with Gasteiger partial charge in [-0.1, -0.05) is 6.92 Å². The lowest BCUT2D eigenvalue weighted by molar-refractivity contribution is 0.0174. The Morgan fingerprint density at radius 1 is 1.09 bits per heavy atom. The molecule has 1 saturated carbocycles. The molecule has 4 rings (SSSR count). The second-order valence-electron chi connectivity index (χ2n) is 7.31. The highest BCUT2D eigenvalue weighted by Gasteiger charge is 2.31. The van der Waals surface area contributed by atoms with E-state index in [-0.39, 0.29) is 24.0 Å². The molecule has 1 aliphatic carbocycles. The molecule has 4 fully saturated rings. The van der Waals surface area contributed by atoms with Crippen molar-refractivity contribution in [3.8, 4) is 0 Å². The number of hydrogen-bond acceptors (Lipinski definition) is 3. The molecule has 2 bridgehead atoms. The molecule has 0 spiro atoms. The summed E-state index contributed by atoms with van der Waals surface area (Å²) in [5.41, 5.74) is 0. The summed E-state index contributed by atoms with van der Waals surface area (Å²) in [4.78, 5) is 10.1. The molecule has 0 aromatic rings. The van der Waals surface area contributed by atoms with Gasteiger partial charge in [-0.25, -0.2) is 0 Å². The first kappa shape index (κ1) is 19.2. The zero-order valence-corrected chi connectivity index (χ0v) is 17.1. The number of fused-ring (bicyclic) bond motifs is 3. The molecule has 0 amide bonds. The highest BCUT2D eigenvalue weighted by Crippen LogP contribution is 2.23. The van der Waals surface area contributed by atoms with Crippen LogP contribution in [-0.2, 0) is 0 Å². The Morgan fingerprint density at radius 3 is 2.35 bits per heavy atom. The summed E-state index contributed by atoms with van der Waals surface area (Å²) in [6.45, 7) is 12.5. The highest BCUT2D eigenvalue weighted by molar-refractivity contribution is 14.0. The van der Waals surface area contributed by atoms with E-state index in [2.05, 4.69) is 34.3 Å². The maximum Gasteiger partial charge on any atom is 0.191 e. The minimum atomic E-state index is 0. The minimum Gasteiger partial charge on any atom is -0.357 e. The molecule has 23 heavy (non-hydrogen) atoms. The van der Waals surface area contributed by atoms with Crippen LogP contribution in [0, 0.1) is 5.92 Å². The van der Waals surface area contributed by atoms with Gasteiger partial charge in [0.15, 0.2) is 5.96 Å². The van der Waals surface area contributed by atoms with Gasteiger partial charge < -0.3 is 10.6 Å². The molecule has 2 N–H and O–H groups in total. The fourth-order valence-corrected chi connectivity index (χ4v) is 4.01. The van der Waals surface area contributed by atoms with Gasteiger partial charge in [-0.05, 0) is 38.5 Å². The number of aliphatic imine (C=N–C) groups is 1. The number of halogens is 1. The molecule has 3 aliphatic heterocycles. The van der Waals surface area contributed by atoms with Crippen LogP contribution in [0.2, 0.25) is 0 Å². The number of nitrogens with zero attached hydrogens (tertiary/aromatic N) is 3. The van der Waals surface area contributed by atoms with Crippen LogP contribution in [0.5, 0.6) is 0 Å². The van der Waals surface area contributed by atoms with Crippen molar-refractivity contribution in [3.63, 3.8) is 0 Å². The van der Waals surface area contributed by atoms with E-state index in [9.17, 15) is 0 Å². The molecule has 6 heteroatoms. The van der Waals surface area contributed by atoms with E-state index >= 15 is 0 Å². The second kappa shape index (κ2) is 9.42. The average Bonchev–Trinajstić information content (AvgIpc) is 2.56. The van der Waals surface area contributed by atoms with Gasteiger partial charge in [0.1, 0.15) is 0 Å². The van der Waals surface area contributed by atoms with Crippen LogP contribution >= 0.6 is 24.0 Å². The van der Waals surface area contributed by atoms with E-state index in [1.54, 1.807) is 0 Å². The molecular formula is C17H34IN5. The van der Waals surface area contributed by atoms with Crippen LogP contribution < -0.4 is 10.6 Å². The van der Waals surface area contributed by atoms with Crippen LogP contribution in [0.1, 0.15) is 39.5 Å².